The summed E-state index contributed by atoms with van der Waals surface area (Å²) in [6, 6.07) is 10.9. The number of nitrogens with zero attached hydrogens (tertiary/aromatic N) is 7. The van der Waals surface area contributed by atoms with Crippen molar-refractivity contribution >= 4 is 29.0 Å². The maximum Gasteiger partial charge on any atom is 0.260 e. The first-order valence-electron chi connectivity index (χ1n) is 13.3. The fourth-order valence-corrected chi connectivity index (χ4v) is 4.88. The van der Waals surface area contributed by atoms with Gasteiger partial charge in [-0.2, -0.15) is 0 Å². The van der Waals surface area contributed by atoms with E-state index in [2.05, 4.69) is 15.3 Å². The van der Waals surface area contributed by atoms with Crippen molar-refractivity contribution in [1.82, 2.24) is 29.7 Å². The van der Waals surface area contributed by atoms with E-state index in [9.17, 15) is 9.59 Å². The monoisotopic (exact) mass is 540 g/mol. The number of carbonyl (C=O) groups is 2. The van der Waals surface area contributed by atoms with Crippen LogP contribution in [0.2, 0.25) is 0 Å². The van der Waals surface area contributed by atoms with E-state index >= 15 is 0 Å². The number of aromatic nitrogens is 5. The summed E-state index contributed by atoms with van der Waals surface area (Å²) in [4.78, 5) is 40.2. The molecule has 0 aliphatic carbocycles. The van der Waals surface area contributed by atoms with Crippen LogP contribution in [0, 0.1) is 6.92 Å². The van der Waals surface area contributed by atoms with Gasteiger partial charge in [0.1, 0.15) is 12.0 Å². The van der Waals surface area contributed by atoms with E-state index in [1.54, 1.807) is 36.8 Å². The molecule has 0 bridgehead atoms. The van der Waals surface area contributed by atoms with E-state index in [1.165, 1.54) is 0 Å². The van der Waals surface area contributed by atoms with E-state index in [1.807, 2.05) is 70.5 Å². The second kappa shape index (κ2) is 11.6. The van der Waals surface area contributed by atoms with Crippen LogP contribution in [0.5, 0.6) is 0 Å². The first-order chi connectivity index (χ1) is 19.3. The molecular formula is C29H34N9O2+. The average molecular weight is 541 g/mol. The van der Waals surface area contributed by atoms with Crippen LogP contribution in [0.3, 0.4) is 0 Å². The van der Waals surface area contributed by atoms with Gasteiger partial charge in [0.2, 0.25) is 11.4 Å². The predicted molar refractivity (Wildman–Crippen MR) is 152 cm³/mol. The van der Waals surface area contributed by atoms with Crippen LogP contribution < -0.4 is 15.6 Å². The summed E-state index contributed by atoms with van der Waals surface area (Å²) in [7, 11) is 3.93. The molecular weight excluding hydrogens is 506 g/mol. The molecule has 5 rings (SSSR count). The van der Waals surface area contributed by atoms with Gasteiger partial charge in [0.15, 0.2) is 12.0 Å². The Kier molecular flexibility index (Phi) is 7.83. The van der Waals surface area contributed by atoms with Gasteiger partial charge in [-0.15, -0.1) is 4.52 Å². The first kappa shape index (κ1) is 26.9. The maximum atomic E-state index is 13.2. The smallest absolute Gasteiger partial charge is 0.260 e. The molecule has 1 aliphatic rings. The van der Waals surface area contributed by atoms with Gasteiger partial charge in [-0.3, -0.25) is 9.59 Å². The number of fused-ring (bicyclic) bond motifs is 1. The van der Waals surface area contributed by atoms with Crippen molar-refractivity contribution in [3.63, 3.8) is 0 Å². The quantitative estimate of drug-likeness (QED) is 0.273. The number of likely N-dealkylation sites (tertiary alicyclic amines) is 1. The molecule has 4 aromatic rings. The van der Waals surface area contributed by atoms with Crippen molar-refractivity contribution in [2.24, 2.45) is 0 Å². The Morgan fingerprint density at radius 1 is 1.15 bits per heavy atom. The van der Waals surface area contributed by atoms with Gasteiger partial charge < -0.3 is 20.9 Å². The van der Waals surface area contributed by atoms with Gasteiger partial charge in [0, 0.05) is 36.5 Å². The van der Waals surface area contributed by atoms with Crippen molar-refractivity contribution in [2.75, 3.05) is 38.2 Å². The third kappa shape index (κ3) is 5.69. The molecule has 0 unspecified atom stereocenters. The second-order valence-electron chi connectivity index (χ2n) is 10.2. The fraction of sp³-hybridized carbons (Fsp3) is 0.310. The molecule has 40 heavy (non-hydrogen) atoms. The van der Waals surface area contributed by atoms with E-state index in [0.717, 1.165) is 30.4 Å². The molecule has 0 spiro atoms. The highest BCUT2D eigenvalue weighted by atomic mass is 16.2. The minimum atomic E-state index is -0.278. The van der Waals surface area contributed by atoms with Crippen LogP contribution in [-0.4, -0.2) is 68.7 Å². The summed E-state index contributed by atoms with van der Waals surface area (Å²) < 4.78 is 1.86. The van der Waals surface area contributed by atoms with Gasteiger partial charge in [0.05, 0.1) is 11.3 Å². The van der Waals surface area contributed by atoms with Crippen molar-refractivity contribution in [3.05, 3.63) is 78.3 Å². The number of hydrogen-bond donors (Lipinski definition) is 2. The van der Waals surface area contributed by atoms with Crippen molar-refractivity contribution < 1.29 is 14.1 Å². The lowest BCUT2D eigenvalue weighted by Gasteiger charge is -2.32. The number of likely N-dealkylation sites (N-methyl/N-ethyl adjacent to an activating group) is 1. The van der Waals surface area contributed by atoms with Crippen LogP contribution in [0.1, 0.15) is 41.3 Å². The number of nitrogens with one attached hydrogen (secondary N) is 1. The Bertz CT molecular complexity index is 1560. The highest BCUT2D eigenvalue weighted by Crippen LogP contribution is 2.29. The van der Waals surface area contributed by atoms with E-state index in [-0.39, 0.29) is 18.0 Å². The summed E-state index contributed by atoms with van der Waals surface area (Å²) in [5.41, 5.74) is 9.89. The predicted octanol–water partition coefficient (Wildman–Crippen LogP) is 2.85. The van der Waals surface area contributed by atoms with Crippen LogP contribution in [0.15, 0.2) is 67.1 Å². The second-order valence-corrected chi connectivity index (χ2v) is 10.2. The average Bonchev–Trinajstić information content (AvgIpc) is 3.34. The van der Waals surface area contributed by atoms with Crippen LogP contribution in [0.4, 0.5) is 11.6 Å². The normalized spacial score (nSPS) is 15.7. The zero-order valence-corrected chi connectivity index (χ0v) is 23.0. The van der Waals surface area contributed by atoms with E-state index in [0.29, 0.717) is 41.5 Å². The van der Waals surface area contributed by atoms with Gasteiger partial charge in [-0.05, 0) is 87.0 Å². The number of piperidine rings is 1. The fourth-order valence-electron chi connectivity index (χ4n) is 4.88. The molecule has 0 saturated carbocycles. The lowest BCUT2D eigenvalue weighted by molar-refractivity contribution is -0.624. The minimum Gasteiger partial charge on any atom is -0.380 e. The van der Waals surface area contributed by atoms with Gasteiger partial charge in [-0.25, -0.2) is 9.97 Å². The topological polar surface area (TPSA) is 126 Å². The Balaban J connectivity index is 1.46. The Morgan fingerprint density at radius 3 is 2.70 bits per heavy atom. The Hall–Kier alpha value is -4.64. The number of amides is 2. The molecule has 1 saturated heterocycles. The summed E-state index contributed by atoms with van der Waals surface area (Å²) in [5, 5.41) is 7.79. The SMILES string of the molecule is Cc1ccnc(NC(=O)c2ccc(-c3nn([C@@H]4CCCCN4C(=O)/C=C/CN(C)C)[n+]4ccnc(N)c34)cc2)c1. The molecule has 2 amide bonds. The highest BCUT2D eigenvalue weighted by molar-refractivity contribution is 6.04. The molecule has 1 aromatic carbocycles. The summed E-state index contributed by atoms with van der Waals surface area (Å²) in [5.74, 6) is 0.528. The van der Waals surface area contributed by atoms with Crippen LogP contribution in [-0.2, 0) is 4.79 Å². The lowest BCUT2D eigenvalue weighted by atomic mass is 10.1. The van der Waals surface area contributed by atoms with Gasteiger partial charge in [-0.1, -0.05) is 6.08 Å². The number of nitrogen functional groups attached to an aromatic ring is 1. The third-order valence-electron chi connectivity index (χ3n) is 6.87. The van der Waals surface area contributed by atoms with Gasteiger partial charge >= 0.3 is 0 Å². The minimum absolute atomic E-state index is 0.0437. The number of aryl methyl sites for hydroxylation is 1. The summed E-state index contributed by atoms with van der Waals surface area (Å²) in [6.07, 6.45) is 11.0. The maximum absolute atomic E-state index is 13.2. The van der Waals surface area contributed by atoms with E-state index in [4.69, 9.17) is 10.8 Å². The molecule has 1 atom stereocenters. The number of nitrogens with two attached hydrogens (primary N) is 1. The molecule has 206 valence electrons. The molecule has 11 heteroatoms. The zero-order valence-electron chi connectivity index (χ0n) is 23.0. The van der Waals surface area contributed by atoms with Crippen LogP contribution in [0.25, 0.3) is 16.8 Å². The Labute approximate surface area is 232 Å². The number of anilines is 2. The number of rotatable bonds is 7. The molecule has 4 heterocycles. The molecule has 11 nitrogen and oxygen atoms in total. The number of benzene rings is 1. The van der Waals surface area contributed by atoms with Crippen molar-refractivity contribution in [2.45, 2.75) is 32.4 Å². The van der Waals surface area contributed by atoms with Crippen molar-refractivity contribution in [1.29, 1.82) is 0 Å². The first-order valence-corrected chi connectivity index (χ1v) is 13.3. The lowest BCUT2D eigenvalue weighted by Crippen LogP contribution is -2.48. The van der Waals surface area contributed by atoms with Gasteiger partial charge in [0.25, 0.3) is 11.6 Å². The van der Waals surface area contributed by atoms with E-state index < -0.39 is 0 Å². The molecule has 3 N–H and O–H groups in total. The summed E-state index contributed by atoms with van der Waals surface area (Å²) in [6.45, 7) is 3.28. The number of carbonyl (C=O) groups excluding carboxylic acids is 2. The molecule has 1 fully saturated rings. The number of pyridine rings is 1. The standard InChI is InChI=1S/C29H33N9O2/c1-20-13-14-31-23(19-20)33-29(40)22-11-9-21(10-12-22)26-27-28(30)32-15-18-37(27)38(34-26)24-7-4-5-17-36(24)25(39)8-6-16-35(2)3/h6,8-15,18-19,24H,4-5,7,16-17H2,1-3H3,(H2-,30,31,32,33,34,40)/p+1/b8-6+/t24-/m1/s1. The highest BCUT2D eigenvalue weighted by Gasteiger charge is 2.35. The molecule has 1 aliphatic heterocycles. The van der Waals surface area contributed by atoms with Crippen molar-refractivity contribution in [3.8, 4) is 11.3 Å². The zero-order chi connectivity index (χ0) is 28.2. The Morgan fingerprint density at radius 2 is 1.95 bits per heavy atom. The third-order valence-corrected chi connectivity index (χ3v) is 6.87. The summed E-state index contributed by atoms with van der Waals surface area (Å²) >= 11 is 0. The molecule has 3 aromatic heterocycles. The number of hydrogen-bond acceptors (Lipinski definition) is 7. The van der Waals surface area contributed by atoms with Crippen LogP contribution >= 0.6 is 0 Å². The largest absolute Gasteiger partial charge is 0.380 e. The molecule has 0 radical (unpaired) electrons.